The summed E-state index contributed by atoms with van der Waals surface area (Å²) in [7, 11) is 0. The third kappa shape index (κ3) is 2.44. The number of carboxylic acid groups (broad SMARTS) is 1. The van der Waals surface area contributed by atoms with Crippen LogP contribution in [0.4, 0.5) is 4.79 Å². The van der Waals surface area contributed by atoms with Gasteiger partial charge in [0.05, 0.1) is 12.2 Å². The molecule has 0 spiro atoms. The molecule has 2 aromatic heterocycles. The third-order valence-electron chi connectivity index (χ3n) is 4.33. The van der Waals surface area contributed by atoms with Crippen LogP contribution in [0.25, 0.3) is 10.9 Å². The summed E-state index contributed by atoms with van der Waals surface area (Å²) in [5.41, 5.74) is 2.61. The van der Waals surface area contributed by atoms with Crippen LogP contribution in [-0.4, -0.2) is 37.1 Å². The lowest BCUT2D eigenvalue weighted by Crippen LogP contribution is -2.42. The fraction of sp³-hybridized carbons (Fsp3) is 0.235. The van der Waals surface area contributed by atoms with E-state index in [0.717, 1.165) is 16.5 Å². The Kier molecular flexibility index (Phi) is 3.34. The number of carbonyl (C=O) groups is 1. The summed E-state index contributed by atoms with van der Waals surface area (Å²) in [6.07, 6.45) is 2.89. The molecule has 0 bridgehead atoms. The van der Waals surface area contributed by atoms with Crippen LogP contribution in [0.3, 0.4) is 0 Å². The molecule has 1 aromatic carbocycles. The molecule has 4 rings (SSSR count). The first-order valence-corrected chi connectivity index (χ1v) is 7.69. The highest BCUT2D eigenvalue weighted by Crippen LogP contribution is 2.31. The zero-order chi connectivity index (χ0) is 16.7. The van der Waals surface area contributed by atoms with Crippen molar-refractivity contribution in [1.82, 2.24) is 19.9 Å². The normalized spacial score (nSPS) is 16.9. The van der Waals surface area contributed by atoms with Crippen molar-refractivity contribution in [3.8, 4) is 11.6 Å². The first-order valence-electron chi connectivity index (χ1n) is 7.69. The fourth-order valence-corrected chi connectivity index (χ4v) is 3.05. The Balaban J connectivity index is 1.67. The van der Waals surface area contributed by atoms with Gasteiger partial charge in [-0.15, -0.1) is 0 Å². The van der Waals surface area contributed by atoms with Gasteiger partial charge in [0.25, 0.3) is 0 Å². The van der Waals surface area contributed by atoms with Crippen LogP contribution in [0.1, 0.15) is 18.2 Å². The Labute approximate surface area is 137 Å². The van der Waals surface area contributed by atoms with Crippen LogP contribution in [-0.2, 0) is 13.0 Å². The minimum atomic E-state index is -0.938. The molecule has 3 heterocycles. The predicted molar refractivity (Wildman–Crippen MR) is 87.1 cm³/mol. The second kappa shape index (κ2) is 5.52. The molecule has 2 N–H and O–H groups in total. The van der Waals surface area contributed by atoms with Crippen molar-refractivity contribution < 1.29 is 14.6 Å². The number of rotatable bonds is 2. The van der Waals surface area contributed by atoms with Crippen molar-refractivity contribution in [2.24, 2.45) is 0 Å². The van der Waals surface area contributed by atoms with Gasteiger partial charge < -0.3 is 14.8 Å². The molecule has 1 unspecified atom stereocenters. The molecule has 7 heteroatoms. The van der Waals surface area contributed by atoms with Gasteiger partial charge in [0.15, 0.2) is 0 Å². The largest absolute Gasteiger partial charge is 0.465 e. The van der Waals surface area contributed by atoms with Gasteiger partial charge in [-0.05, 0) is 37.6 Å². The molecule has 1 aliphatic rings. The van der Waals surface area contributed by atoms with E-state index in [2.05, 4.69) is 15.0 Å². The molecule has 0 saturated carbocycles. The lowest BCUT2D eigenvalue weighted by Gasteiger charge is -2.32. The van der Waals surface area contributed by atoms with E-state index < -0.39 is 6.09 Å². The van der Waals surface area contributed by atoms with Crippen LogP contribution in [0.15, 0.2) is 36.8 Å². The molecule has 0 aliphatic carbocycles. The zero-order valence-corrected chi connectivity index (χ0v) is 13.1. The van der Waals surface area contributed by atoms with E-state index in [4.69, 9.17) is 4.74 Å². The van der Waals surface area contributed by atoms with Crippen molar-refractivity contribution in [3.05, 3.63) is 48.0 Å². The monoisotopic (exact) mass is 324 g/mol. The molecule has 3 aromatic rings. The van der Waals surface area contributed by atoms with Gasteiger partial charge in [0.1, 0.15) is 12.1 Å². The minimum absolute atomic E-state index is 0.143. The van der Waals surface area contributed by atoms with Gasteiger partial charge in [-0.1, -0.05) is 0 Å². The number of H-pyrrole nitrogens is 1. The van der Waals surface area contributed by atoms with E-state index in [1.807, 2.05) is 37.4 Å². The molecule has 1 aliphatic heterocycles. The van der Waals surface area contributed by atoms with E-state index in [1.54, 1.807) is 0 Å². The van der Waals surface area contributed by atoms with Gasteiger partial charge in [-0.2, -0.15) is 0 Å². The van der Waals surface area contributed by atoms with Crippen LogP contribution >= 0.6 is 0 Å². The number of aromatic nitrogens is 3. The number of hydrogen-bond acceptors (Lipinski definition) is 4. The SMILES string of the molecule is CC1Cc2c(ncnc2Oc2ccc3[nH]ccc3c2)CN1C(=O)O. The fourth-order valence-electron chi connectivity index (χ4n) is 3.05. The molecule has 1 atom stereocenters. The average Bonchev–Trinajstić information content (AvgIpc) is 3.02. The van der Waals surface area contributed by atoms with Crippen LogP contribution in [0.2, 0.25) is 0 Å². The molecular weight excluding hydrogens is 308 g/mol. The first-order chi connectivity index (χ1) is 11.6. The van der Waals surface area contributed by atoms with Crippen molar-refractivity contribution >= 4 is 17.0 Å². The van der Waals surface area contributed by atoms with Crippen molar-refractivity contribution in [2.75, 3.05) is 0 Å². The second-order valence-corrected chi connectivity index (χ2v) is 5.90. The maximum Gasteiger partial charge on any atom is 0.407 e. The summed E-state index contributed by atoms with van der Waals surface area (Å²) in [4.78, 5) is 24.3. The van der Waals surface area contributed by atoms with Crippen LogP contribution < -0.4 is 4.74 Å². The van der Waals surface area contributed by atoms with Gasteiger partial charge in [0, 0.05) is 28.7 Å². The highest BCUT2D eigenvalue weighted by atomic mass is 16.5. The first kappa shape index (κ1) is 14.5. The lowest BCUT2D eigenvalue weighted by molar-refractivity contribution is 0.118. The van der Waals surface area contributed by atoms with Gasteiger partial charge in [0.2, 0.25) is 5.88 Å². The van der Waals surface area contributed by atoms with E-state index >= 15 is 0 Å². The van der Waals surface area contributed by atoms with Crippen LogP contribution in [0, 0.1) is 0 Å². The third-order valence-corrected chi connectivity index (χ3v) is 4.33. The summed E-state index contributed by atoms with van der Waals surface area (Å²) in [6, 6.07) is 7.60. The molecule has 24 heavy (non-hydrogen) atoms. The number of amides is 1. The van der Waals surface area contributed by atoms with Crippen molar-refractivity contribution in [3.63, 3.8) is 0 Å². The number of nitrogens with one attached hydrogen (secondary N) is 1. The number of aromatic amines is 1. The highest BCUT2D eigenvalue weighted by Gasteiger charge is 2.30. The maximum atomic E-state index is 11.3. The molecular formula is C17H16N4O3. The molecule has 7 nitrogen and oxygen atoms in total. The summed E-state index contributed by atoms with van der Waals surface area (Å²) in [5.74, 6) is 1.18. The number of benzene rings is 1. The zero-order valence-electron chi connectivity index (χ0n) is 13.1. The molecule has 0 radical (unpaired) electrons. The number of ether oxygens (including phenoxy) is 1. The van der Waals surface area contributed by atoms with E-state index in [1.165, 1.54) is 11.2 Å². The number of fused-ring (bicyclic) bond motifs is 2. The smallest absolute Gasteiger partial charge is 0.407 e. The van der Waals surface area contributed by atoms with Gasteiger partial charge >= 0.3 is 6.09 Å². The average molecular weight is 324 g/mol. The Hall–Kier alpha value is -3.09. The number of hydrogen-bond donors (Lipinski definition) is 2. The van der Waals surface area contributed by atoms with Crippen molar-refractivity contribution in [1.29, 1.82) is 0 Å². The maximum absolute atomic E-state index is 11.3. The summed E-state index contributed by atoms with van der Waals surface area (Å²) < 4.78 is 5.97. The molecule has 0 saturated heterocycles. The predicted octanol–water partition coefficient (Wildman–Crippen LogP) is 3.17. The lowest BCUT2D eigenvalue weighted by atomic mass is 10.00. The van der Waals surface area contributed by atoms with E-state index in [0.29, 0.717) is 23.7 Å². The topological polar surface area (TPSA) is 91.3 Å². The van der Waals surface area contributed by atoms with Crippen molar-refractivity contribution in [2.45, 2.75) is 25.9 Å². The van der Waals surface area contributed by atoms with Gasteiger partial charge in [-0.3, -0.25) is 4.90 Å². The highest BCUT2D eigenvalue weighted by molar-refractivity contribution is 5.80. The molecule has 1 amide bonds. The van der Waals surface area contributed by atoms with Crippen LogP contribution in [0.5, 0.6) is 11.6 Å². The Morgan fingerprint density at radius 3 is 3.08 bits per heavy atom. The minimum Gasteiger partial charge on any atom is -0.465 e. The Morgan fingerprint density at radius 2 is 2.25 bits per heavy atom. The summed E-state index contributed by atoms with van der Waals surface area (Å²) in [6.45, 7) is 2.13. The summed E-state index contributed by atoms with van der Waals surface area (Å²) in [5, 5.41) is 10.3. The Bertz CT molecular complexity index is 921. The Morgan fingerprint density at radius 1 is 1.38 bits per heavy atom. The molecule has 0 fully saturated rings. The number of nitrogens with zero attached hydrogens (tertiary/aromatic N) is 3. The van der Waals surface area contributed by atoms with Gasteiger partial charge in [-0.25, -0.2) is 14.8 Å². The quantitative estimate of drug-likeness (QED) is 0.755. The standard InChI is InChI=1S/C17H16N4O3/c1-10-6-13-15(8-21(10)17(22)23)19-9-20-16(13)24-12-2-3-14-11(7-12)4-5-18-14/h2-5,7,9-10,18H,6,8H2,1H3,(H,22,23). The summed E-state index contributed by atoms with van der Waals surface area (Å²) >= 11 is 0. The molecule has 122 valence electrons. The van der Waals surface area contributed by atoms with E-state index in [-0.39, 0.29) is 12.6 Å². The second-order valence-electron chi connectivity index (χ2n) is 5.90. The van der Waals surface area contributed by atoms with E-state index in [9.17, 15) is 9.90 Å².